The van der Waals surface area contributed by atoms with Crippen molar-refractivity contribution in [2.75, 3.05) is 6.54 Å². The van der Waals surface area contributed by atoms with Crippen molar-refractivity contribution >= 4 is 23.3 Å². The molecule has 1 aliphatic carbocycles. The maximum absolute atomic E-state index is 11.7. The average molecular weight is 280 g/mol. The molecule has 2 rings (SSSR count). The third-order valence-corrected chi connectivity index (χ3v) is 3.99. The molecule has 0 spiro atoms. The van der Waals surface area contributed by atoms with Crippen molar-refractivity contribution in [3.05, 3.63) is 34.0 Å². The first kappa shape index (κ1) is 13.6. The number of carboxylic acid groups (broad SMARTS) is 1. The molecule has 1 heterocycles. The fraction of sp³-hybridized carbons (Fsp3) is 0.385. The van der Waals surface area contributed by atoms with E-state index in [9.17, 15) is 9.59 Å². The predicted octanol–water partition coefficient (Wildman–Crippen LogP) is 2.07. The number of aryl methyl sites for hydroxylation is 1. The Morgan fingerprint density at radius 2 is 2.37 bits per heavy atom. The molecule has 0 saturated carbocycles. The van der Waals surface area contributed by atoms with E-state index in [0.717, 1.165) is 25.3 Å². The molecule has 102 valence electrons. The normalized spacial score (nSPS) is 18.0. The van der Waals surface area contributed by atoms with E-state index >= 15 is 0 Å². The lowest BCUT2D eigenvalue weighted by Crippen LogP contribution is -2.38. The number of carboxylic acids is 1. The summed E-state index contributed by atoms with van der Waals surface area (Å²) in [5.41, 5.74) is 1.22. The summed E-state index contributed by atoms with van der Waals surface area (Å²) in [7, 11) is 0. The molecule has 1 aromatic heterocycles. The fourth-order valence-corrected chi connectivity index (χ4v) is 3.14. The van der Waals surface area contributed by atoms with Gasteiger partial charge in [-0.1, -0.05) is 6.08 Å². The van der Waals surface area contributed by atoms with E-state index in [1.54, 1.807) is 11.3 Å². The molecular weight excluding hydrogens is 264 g/mol. The van der Waals surface area contributed by atoms with Crippen LogP contribution in [0.15, 0.2) is 23.6 Å². The smallest absolute Gasteiger partial charge is 0.328 e. The molecule has 1 unspecified atom stereocenters. The van der Waals surface area contributed by atoms with Crippen molar-refractivity contribution in [2.24, 2.45) is 0 Å². The van der Waals surface area contributed by atoms with Crippen molar-refractivity contribution < 1.29 is 14.7 Å². The van der Waals surface area contributed by atoms with Crippen LogP contribution in [0.1, 0.15) is 29.3 Å². The van der Waals surface area contributed by atoms with Gasteiger partial charge in [-0.05, 0) is 36.3 Å². The summed E-state index contributed by atoms with van der Waals surface area (Å²) in [6.07, 6.45) is 5.53. The van der Waals surface area contributed by atoms with Gasteiger partial charge < -0.3 is 15.7 Å². The molecular formula is C13H16N2O3S. The van der Waals surface area contributed by atoms with Crippen molar-refractivity contribution in [1.29, 1.82) is 0 Å². The van der Waals surface area contributed by atoms with Crippen LogP contribution in [-0.4, -0.2) is 23.7 Å². The molecule has 19 heavy (non-hydrogen) atoms. The van der Waals surface area contributed by atoms with E-state index in [-0.39, 0.29) is 18.6 Å². The summed E-state index contributed by atoms with van der Waals surface area (Å²) in [4.78, 5) is 23.3. The number of rotatable bonds is 4. The van der Waals surface area contributed by atoms with Gasteiger partial charge in [0, 0.05) is 17.5 Å². The zero-order valence-corrected chi connectivity index (χ0v) is 11.2. The van der Waals surface area contributed by atoms with Gasteiger partial charge in [0.05, 0.1) is 6.04 Å². The van der Waals surface area contributed by atoms with Gasteiger partial charge in [-0.15, -0.1) is 11.3 Å². The molecule has 0 aliphatic heterocycles. The lowest BCUT2D eigenvalue weighted by molar-refractivity contribution is -0.131. The molecule has 0 radical (unpaired) electrons. The van der Waals surface area contributed by atoms with Gasteiger partial charge in [0.1, 0.15) is 0 Å². The van der Waals surface area contributed by atoms with Crippen molar-refractivity contribution in [3.63, 3.8) is 0 Å². The van der Waals surface area contributed by atoms with E-state index in [4.69, 9.17) is 5.11 Å². The first-order chi connectivity index (χ1) is 9.16. The van der Waals surface area contributed by atoms with Gasteiger partial charge >= 0.3 is 12.0 Å². The second kappa shape index (κ2) is 6.38. The fourth-order valence-electron chi connectivity index (χ4n) is 2.16. The van der Waals surface area contributed by atoms with Gasteiger partial charge in [0.25, 0.3) is 0 Å². The highest BCUT2D eigenvalue weighted by Gasteiger charge is 2.22. The molecule has 0 fully saturated rings. The van der Waals surface area contributed by atoms with E-state index in [1.807, 2.05) is 0 Å². The van der Waals surface area contributed by atoms with Gasteiger partial charge in [0.2, 0.25) is 0 Å². The molecule has 1 atom stereocenters. The van der Waals surface area contributed by atoms with Crippen LogP contribution < -0.4 is 10.6 Å². The number of amides is 2. The number of thiophene rings is 1. The number of urea groups is 1. The first-order valence-electron chi connectivity index (χ1n) is 6.17. The van der Waals surface area contributed by atoms with Gasteiger partial charge in [0.15, 0.2) is 0 Å². The zero-order valence-electron chi connectivity index (χ0n) is 10.4. The Labute approximate surface area is 115 Å². The Kier molecular flexibility index (Phi) is 4.57. The molecule has 2 amide bonds. The highest BCUT2D eigenvalue weighted by Crippen LogP contribution is 2.32. The quantitative estimate of drug-likeness (QED) is 0.739. The van der Waals surface area contributed by atoms with Gasteiger partial charge in [-0.3, -0.25) is 0 Å². The standard InChI is InChI=1S/C13H16N2O3S/c16-12(17)5-2-7-14-13(18)15-10-3-1-4-11-9(10)6-8-19-11/h2,5-6,8,10H,1,3-4,7H2,(H,16,17)(H2,14,15,18)/b5-2+. The highest BCUT2D eigenvalue weighted by atomic mass is 32.1. The third kappa shape index (κ3) is 3.82. The Hall–Kier alpha value is -1.82. The average Bonchev–Trinajstić information content (AvgIpc) is 2.84. The number of nitrogens with one attached hydrogen (secondary N) is 2. The molecule has 0 bridgehead atoms. The van der Waals surface area contributed by atoms with Crippen LogP contribution in [-0.2, 0) is 11.2 Å². The Balaban J connectivity index is 1.82. The summed E-state index contributed by atoms with van der Waals surface area (Å²) in [5, 5.41) is 16.0. The maximum Gasteiger partial charge on any atom is 0.328 e. The second-order valence-electron chi connectivity index (χ2n) is 4.34. The largest absolute Gasteiger partial charge is 0.478 e. The number of fused-ring (bicyclic) bond motifs is 1. The third-order valence-electron chi connectivity index (χ3n) is 3.00. The second-order valence-corrected chi connectivity index (χ2v) is 5.34. The van der Waals surface area contributed by atoms with Gasteiger partial charge in [-0.2, -0.15) is 0 Å². The van der Waals surface area contributed by atoms with Crippen molar-refractivity contribution in [1.82, 2.24) is 10.6 Å². The topological polar surface area (TPSA) is 78.4 Å². The molecule has 6 heteroatoms. The highest BCUT2D eigenvalue weighted by molar-refractivity contribution is 7.10. The number of carbonyl (C=O) groups is 2. The minimum atomic E-state index is -1.02. The molecule has 0 aromatic carbocycles. The molecule has 1 aliphatic rings. The first-order valence-corrected chi connectivity index (χ1v) is 7.05. The zero-order chi connectivity index (χ0) is 13.7. The number of hydrogen-bond donors (Lipinski definition) is 3. The van der Waals surface area contributed by atoms with Crippen molar-refractivity contribution in [2.45, 2.75) is 25.3 Å². The number of carbonyl (C=O) groups excluding carboxylic acids is 1. The maximum atomic E-state index is 11.7. The summed E-state index contributed by atoms with van der Waals surface area (Å²) < 4.78 is 0. The summed E-state index contributed by atoms with van der Waals surface area (Å²) in [6.45, 7) is 0.210. The SMILES string of the molecule is O=C(O)/C=C/CNC(=O)NC1CCCc2sccc21. The van der Waals surface area contributed by atoms with E-state index in [1.165, 1.54) is 16.5 Å². The molecule has 0 saturated heterocycles. The van der Waals surface area contributed by atoms with E-state index < -0.39 is 5.97 Å². The lowest BCUT2D eigenvalue weighted by Gasteiger charge is -2.23. The number of aliphatic carboxylic acids is 1. The van der Waals surface area contributed by atoms with Crippen LogP contribution in [0, 0.1) is 0 Å². The molecule has 3 N–H and O–H groups in total. The van der Waals surface area contributed by atoms with Crippen LogP contribution in [0.4, 0.5) is 4.79 Å². The van der Waals surface area contributed by atoms with Crippen molar-refractivity contribution in [3.8, 4) is 0 Å². The Bertz CT molecular complexity index is 496. The minimum Gasteiger partial charge on any atom is -0.478 e. The summed E-state index contributed by atoms with van der Waals surface area (Å²) >= 11 is 1.73. The summed E-state index contributed by atoms with van der Waals surface area (Å²) in [5.74, 6) is -1.02. The van der Waals surface area contributed by atoms with E-state index in [2.05, 4.69) is 22.1 Å². The Morgan fingerprint density at radius 3 is 3.16 bits per heavy atom. The van der Waals surface area contributed by atoms with Crippen LogP contribution >= 0.6 is 11.3 Å². The van der Waals surface area contributed by atoms with Gasteiger partial charge in [-0.25, -0.2) is 9.59 Å². The predicted molar refractivity (Wildman–Crippen MR) is 73.3 cm³/mol. The molecule has 1 aromatic rings. The van der Waals surface area contributed by atoms with E-state index in [0.29, 0.717) is 0 Å². The van der Waals surface area contributed by atoms with Crippen LogP contribution in [0.5, 0.6) is 0 Å². The summed E-state index contributed by atoms with van der Waals surface area (Å²) in [6, 6.07) is 1.87. The lowest BCUT2D eigenvalue weighted by atomic mass is 9.94. The number of hydrogen-bond acceptors (Lipinski definition) is 3. The Morgan fingerprint density at radius 1 is 1.53 bits per heavy atom. The molecule has 5 nitrogen and oxygen atoms in total. The monoisotopic (exact) mass is 280 g/mol. The minimum absolute atomic E-state index is 0.0680. The van der Waals surface area contributed by atoms with Crippen LogP contribution in [0.2, 0.25) is 0 Å². The van der Waals surface area contributed by atoms with Crippen LogP contribution in [0.3, 0.4) is 0 Å². The van der Waals surface area contributed by atoms with Crippen LogP contribution in [0.25, 0.3) is 0 Å².